The molecule has 0 aromatic heterocycles. The maximum atomic E-state index is 11.2. The Labute approximate surface area is 75.6 Å². The molecule has 0 spiro atoms. The molecule has 0 aromatic carbocycles. The van der Waals surface area contributed by atoms with Crippen LogP contribution in [0.1, 0.15) is 13.8 Å². The van der Waals surface area contributed by atoms with Crippen LogP contribution in [-0.2, 0) is 9.53 Å². The van der Waals surface area contributed by atoms with E-state index in [1.54, 1.807) is 13.8 Å². The number of aliphatic hydroxyl groups is 1. The van der Waals surface area contributed by atoms with Crippen LogP contribution >= 0.6 is 0 Å². The Morgan fingerprint density at radius 2 is 2.31 bits per heavy atom. The lowest BCUT2D eigenvalue weighted by Gasteiger charge is -2.19. The summed E-state index contributed by atoms with van der Waals surface area (Å²) in [6.07, 6.45) is 0.0280. The van der Waals surface area contributed by atoms with Gasteiger partial charge in [0.15, 0.2) is 6.23 Å². The summed E-state index contributed by atoms with van der Waals surface area (Å²) in [5.41, 5.74) is 0. The Morgan fingerprint density at radius 1 is 1.69 bits per heavy atom. The summed E-state index contributed by atoms with van der Waals surface area (Å²) in [7, 11) is 0. The Bertz CT molecular complexity index is 259. The van der Waals surface area contributed by atoms with Gasteiger partial charge in [-0.05, 0) is 19.9 Å². The van der Waals surface area contributed by atoms with Gasteiger partial charge in [0.1, 0.15) is 0 Å². The number of nitrogens with zero attached hydrogens (tertiary/aromatic N) is 1. The van der Waals surface area contributed by atoms with Crippen molar-refractivity contribution in [1.82, 2.24) is 4.90 Å². The largest absolute Gasteiger partial charge is 0.446 e. The fraction of sp³-hybridized carbons (Fsp3) is 0.500. The first-order valence-electron chi connectivity index (χ1n) is 3.92. The van der Waals surface area contributed by atoms with Crippen molar-refractivity contribution in [3.05, 3.63) is 12.2 Å². The molecule has 0 saturated carbocycles. The van der Waals surface area contributed by atoms with Crippen LogP contribution in [0.2, 0.25) is 0 Å². The van der Waals surface area contributed by atoms with Gasteiger partial charge >= 0.3 is 6.09 Å². The summed E-state index contributed by atoms with van der Waals surface area (Å²) in [5, 5.41) is 9.16. The average molecular weight is 185 g/mol. The van der Waals surface area contributed by atoms with E-state index in [0.717, 1.165) is 6.08 Å². The number of imide groups is 1. The molecular weight excluding hydrogens is 174 g/mol. The predicted octanol–water partition coefficient (Wildman–Crippen LogP) is 0.248. The van der Waals surface area contributed by atoms with E-state index in [0.29, 0.717) is 4.90 Å². The van der Waals surface area contributed by atoms with Crippen LogP contribution in [0.15, 0.2) is 12.2 Å². The third-order valence-electron chi connectivity index (χ3n) is 1.45. The van der Waals surface area contributed by atoms with Crippen LogP contribution in [0, 0.1) is 0 Å². The van der Waals surface area contributed by atoms with Gasteiger partial charge in [-0.3, -0.25) is 4.79 Å². The Kier molecular flexibility index (Phi) is 2.67. The fourth-order valence-corrected chi connectivity index (χ4v) is 0.922. The van der Waals surface area contributed by atoms with Crippen molar-refractivity contribution in [3.63, 3.8) is 0 Å². The van der Waals surface area contributed by atoms with E-state index < -0.39 is 18.2 Å². The molecule has 1 heterocycles. The Balaban J connectivity index is 2.62. The van der Waals surface area contributed by atoms with Crippen LogP contribution in [0.25, 0.3) is 0 Å². The van der Waals surface area contributed by atoms with E-state index in [9.17, 15) is 9.59 Å². The zero-order valence-corrected chi connectivity index (χ0v) is 7.43. The molecule has 1 N–H and O–H groups in total. The standard InChI is InChI=1S/C8H11NO4/c1-5(2)13-8(12)9-6(10)3-4-7(9)11/h3-6,10H,1-2H3. The Hall–Kier alpha value is -1.36. The number of amides is 2. The van der Waals surface area contributed by atoms with Gasteiger partial charge in [-0.2, -0.15) is 0 Å². The molecule has 5 nitrogen and oxygen atoms in total. The molecule has 0 aromatic rings. The van der Waals surface area contributed by atoms with Crippen LogP contribution < -0.4 is 0 Å². The third-order valence-corrected chi connectivity index (χ3v) is 1.45. The monoisotopic (exact) mass is 185 g/mol. The number of carbonyl (C=O) groups is 2. The van der Waals surface area contributed by atoms with Gasteiger partial charge in [-0.15, -0.1) is 0 Å². The highest BCUT2D eigenvalue weighted by Crippen LogP contribution is 2.10. The van der Waals surface area contributed by atoms with E-state index in [1.165, 1.54) is 6.08 Å². The summed E-state index contributed by atoms with van der Waals surface area (Å²) < 4.78 is 4.74. The SMILES string of the molecule is CC(C)OC(=O)N1C(=O)C=CC1O. The smallest absolute Gasteiger partial charge is 0.419 e. The van der Waals surface area contributed by atoms with E-state index in [-0.39, 0.29) is 6.10 Å². The summed E-state index contributed by atoms with van der Waals surface area (Å²) in [6.45, 7) is 3.33. The van der Waals surface area contributed by atoms with Crippen molar-refractivity contribution in [3.8, 4) is 0 Å². The second-order valence-electron chi connectivity index (χ2n) is 2.91. The molecule has 0 bridgehead atoms. The van der Waals surface area contributed by atoms with Gasteiger partial charge in [-0.25, -0.2) is 9.69 Å². The molecule has 0 aliphatic carbocycles. The first kappa shape index (κ1) is 9.73. The van der Waals surface area contributed by atoms with E-state index in [4.69, 9.17) is 9.84 Å². The number of carbonyl (C=O) groups excluding carboxylic acids is 2. The summed E-state index contributed by atoms with van der Waals surface area (Å²) >= 11 is 0. The highest BCUT2D eigenvalue weighted by Gasteiger charge is 2.31. The maximum Gasteiger partial charge on any atom is 0.419 e. The summed E-state index contributed by atoms with van der Waals surface area (Å²) in [5.74, 6) is -0.557. The molecule has 13 heavy (non-hydrogen) atoms. The highest BCUT2D eigenvalue weighted by atomic mass is 16.6. The van der Waals surface area contributed by atoms with Gasteiger partial charge in [0.2, 0.25) is 0 Å². The van der Waals surface area contributed by atoms with Gasteiger partial charge in [0.25, 0.3) is 5.91 Å². The molecule has 1 aliphatic rings. The zero-order chi connectivity index (χ0) is 10.0. The lowest BCUT2D eigenvalue weighted by Crippen LogP contribution is -2.40. The van der Waals surface area contributed by atoms with Crippen LogP contribution in [0.5, 0.6) is 0 Å². The number of aliphatic hydroxyl groups excluding tert-OH is 1. The predicted molar refractivity (Wildman–Crippen MR) is 43.6 cm³/mol. The molecule has 5 heteroatoms. The van der Waals surface area contributed by atoms with Crippen molar-refractivity contribution in [2.24, 2.45) is 0 Å². The molecule has 0 fully saturated rings. The van der Waals surface area contributed by atoms with Gasteiger partial charge < -0.3 is 9.84 Å². The number of ether oxygens (including phenoxy) is 1. The molecule has 72 valence electrons. The minimum absolute atomic E-state index is 0.312. The maximum absolute atomic E-state index is 11.2. The van der Waals surface area contributed by atoms with E-state index in [2.05, 4.69) is 0 Å². The third kappa shape index (κ3) is 2.06. The highest BCUT2D eigenvalue weighted by molar-refractivity contribution is 6.01. The number of rotatable bonds is 1. The lowest BCUT2D eigenvalue weighted by molar-refractivity contribution is -0.128. The minimum atomic E-state index is -1.20. The van der Waals surface area contributed by atoms with Crippen LogP contribution in [-0.4, -0.2) is 34.3 Å². The summed E-state index contributed by atoms with van der Waals surface area (Å²) in [6, 6.07) is 0. The topological polar surface area (TPSA) is 66.8 Å². The molecule has 1 atom stereocenters. The number of hydrogen-bond acceptors (Lipinski definition) is 4. The fourth-order valence-electron chi connectivity index (χ4n) is 0.922. The van der Waals surface area contributed by atoms with Gasteiger partial charge in [0.05, 0.1) is 6.10 Å². The van der Waals surface area contributed by atoms with Gasteiger partial charge in [0, 0.05) is 6.08 Å². The summed E-state index contributed by atoms with van der Waals surface area (Å²) in [4.78, 5) is 22.8. The molecule has 0 radical (unpaired) electrons. The first-order valence-corrected chi connectivity index (χ1v) is 3.92. The van der Waals surface area contributed by atoms with Crippen molar-refractivity contribution in [1.29, 1.82) is 0 Å². The van der Waals surface area contributed by atoms with E-state index >= 15 is 0 Å². The second kappa shape index (κ2) is 3.57. The first-order chi connectivity index (χ1) is 6.02. The van der Waals surface area contributed by atoms with Crippen LogP contribution in [0.4, 0.5) is 4.79 Å². The van der Waals surface area contributed by atoms with Crippen LogP contribution in [0.3, 0.4) is 0 Å². The van der Waals surface area contributed by atoms with E-state index in [1.807, 2.05) is 0 Å². The van der Waals surface area contributed by atoms with Crippen molar-refractivity contribution in [2.45, 2.75) is 26.2 Å². The number of hydrogen-bond donors (Lipinski definition) is 1. The quantitative estimate of drug-likeness (QED) is 0.635. The second-order valence-corrected chi connectivity index (χ2v) is 2.91. The molecule has 1 rings (SSSR count). The molecular formula is C8H11NO4. The zero-order valence-electron chi connectivity index (χ0n) is 7.43. The molecule has 0 saturated heterocycles. The normalized spacial score (nSPS) is 21.4. The Morgan fingerprint density at radius 3 is 2.69 bits per heavy atom. The molecule has 2 amide bonds. The molecule has 1 aliphatic heterocycles. The molecule has 1 unspecified atom stereocenters. The minimum Gasteiger partial charge on any atom is -0.446 e. The lowest BCUT2D eigenvalue weighted by atomic mass is 10.5. The average Bonchev–Trinajstić information content (AvgIpc) is 2.29. The van der Waals surface area contributed by atoms with Crippen molar-refractivity contribution in [2.75, 3.05) is 0 Å². The van der Waals surface area contributed by atoms with Crippen molar-refractivity contribution < 1.29 is 19.4 Å². The van der Waals surface area contributed by atoms with Crippen molar-refractivity contribution >= 4 is 12.0 Å². The van der Waals surface area contributed by atoms with Gasteiger partial charge in [-0.1, -0.05) is 0 Å².